The number of nitrogens with zero attached hydrogens (tertiary/aromatic N) is 2. The van der Waals surface area contributed by atoms with Gasteiger partial charge in [-0.25, -0.2) is 0 Å². The summed E-state index contributed by atoms with van der Waals surface area (Å²) in [6, 6.07) is 9.68. The molecule has 1 heterocycles. The number of benzene rings is 1. The molecule has 0 unspecified atom stereocenters. The number of anilines is 1. The van der Waals surface area contributed by atoms with E-state index >= 15 is 0 Å². The minimum atomic E-state index is -0.468. The molecule has 0 saturated heterocycles. The number of thioether (sulfide) groups is 1. The number of carbonyl (C=O) groups is 2. The lowest BCUT2D eigenvalue weighted by atomic mass is 9.95. The van der Waals surface area contributed by atoms with E-state index in [0.29, 0.717) is 11.4 Å². The Morgan fingerprint density at radius 1 is 1.36 bits per heavy atom. The molecule has 128 valence electrons. The Hall–Kier alpha value is -2.52. The zero-order valence-corrected chi connectivity index (χ0v) is 14.7. The molecule has 1 aromatic carbocycles. The molecule has 0 N–H and O–H groups in total. The summed E-state index contributed by atoms with van der Waals surface area (Å²) in [5.41, 5.74) is 0.981. The normalized spacial score (nSPS) is 20.6. The number of carbonyl (C=O) groups excluding carboxylic acids is 2. The van der Waals surface area contributed by atoms with E-state index in [1.807, 2.05) is 54.4 Å². The molecule has 25 heavy (non-hydrogen) atoms. The smallest absolute Gasteiger partial charge is 0.309 e. The molecule has 1 aromatic rings. The highest BCUT2D eigenvalue weighted by atomic mass is 32.2. The number of para-hydroxylation sites is 1. The van der Waals surface area contributed by atoms with Crippen LogP contribution >= 0.6 is 11.8 Å². The summed E-state index contributed by atoms with van der Waals surface area (Å²) in [4.78, 5) is 27.3. The van der Waals surface area contributed by atoms with Gasteiger partial charge in [0.05, 0.1) is 11.6 Å². The molecule has 0 spiro atoms. The summed E-state index contributed by atoms with van der Waals surface area (Å²) < 4.78 is 5.16. The number of Topliss-reactive ketones (excluding diaryl/α,β-unsaturated/α-hetero) is 1. The monoisotopic (exact) mass is 354 g/mol. The Morgan fingerprint density at radius 3 is 2.84 bits per heavy atom. The Labute approximate surface area is 150 Å². The van der Waals surface area contributed by atoms with Gasteiger partial charge in [-0.1, -0.05) is 36.0 Å². The van der Waals surface area contributed by atoms with E-state index in [2.05, 4.69) is 0 Å². The summed E-state index contributed by atoms with van der Waals surface area (Å²) in [5, 5.41) is 10.0. The fourth-order valence-corrected chi connectivity index (χ4v) is 4.05. The predicted molar refractivity (Wildman–Crippen MR) is 95.8 cm³/mol. The van der Waals surface area contributed by atoms with Crippen LogP contribution in [0.4, 0.5) is 5.69 Å². The molecule has 1 aliphatic carbocycles. The Bertz CT molecular complexity index is 807. The van der Waals surface area contributed by atoms with Gasteiger partial charge in [0.2, 0.25) is 5.78 Å². The standard InChI is InChI=1S/C19H18N2O3S/c1-21-15-9-5-6-10-17(15)25-18(21)14(11-20)16(22)12-24-19(23)13-7-3-2-4-8-13/h2-3,5-6,9-10,13H,4,7-8,12H2,1H3/b18-14-/t13-/m0/s1. The van der Waals surface area contributed by atoms with Gasteiger partial charge in [0.25, 0.3) is 0 Å². The molecule has 1 atom stereocenters. The Morgan fingerprint density at radius 2 is 2.16 bits per heavy atom. The van der Waals surface area contributed by atoms with Crippen molar-refractivity contribution in [1.82, 2.24) is 0 Å². The lowest BCUT2D eigenvalue weighted by Crippen LogP contribution is -2.24. The first kappa shape index (κ1) is 17.3. The minimum absolute atomic E-state index is 0.0278. The van der Waals surface area contributed by atoms with Crippen molar-refractivity contribution in [3.05, 3.63) is 47.0 Å². The summed E-state index contributed by atoms with van der Waals surface area (Å²) in [5.74, 6) is -1.02. The van der Waals surface area contributed by atoms with Gasteiger partial charge in [-0.2, -0.15) is 5.26 Å². The molecule has 5 nitrogen and oxygen atoms in total. The average Bonchev–Trinajstić information content (AvgIpc) is 2.98. The fourth-order valence-electron chi connectivity index (χ4n) is 2.89. The first-order chi connectivity index (χ1) is 12.1. The maximum Gasteiger partial charge on any atom is 0.309 e. The van der Waals surface area contributed by atoms with Gasteiger partial charge in [-0.05, 0) is 31.4 Å². The largest absolute Gasteiger partial charge is 0.457 e. The number of ketones is 1. The summed E-state index contributed by atoms with van der Waals surface area (Å²) in [6.07, 6.45) is 6.23. The van der Waals surface area contributed by atoms with Crippen molar-refractivity contribution in [3.8, 4) is 6.07 Å². The molecular formula is C19H18N2O3S. The molecule has 3 rings (SSSR count). The van der Waals surface area contributed by atoms with Crippen molar-refractivity contribution < 1.29 is 14.3 Å². The van der Waals surface area contributed by atoms with Crippen LogP contribution in [0.3, 0.4) is 0 Å². The second kappa shape index (κ2) is 7.58. The molecule has 0 fully saturated rings. The third-order valence-electron chi connectivity index (χ3n) is 4.29. The predicted octanol–water partition coefficient (Wildman–Crippen LogP) is 3.43. The quantitative estimate of drug-likeness (QED) is 0.357. The molecule has 0 saturated carbocycles. The summed E-state index contributed by atoms with van der Waals surface area (Å²) >= 11 is 1.38. The van der Waals surface area contributed by atoms with Gasteiger partial charge < -0.3 is 9.64 Å². The van der Waals surface area contributed by atoms with Crippen LogP contribution < -0.4 is 4.90 Å². The number of ether oxygens (including phenoxy) is 1. The van der Waals surface area contributed by atoms with Crippen LogP contribution in [-0.4, -0.2) is 25.4 Å². The summed E-state index contributed by atoms with van der Waals surface area (Å²) in [6.45, 7) is -0.393. The van der Waals surface area contributed by atoms with Gasteiger partial charge in [0.1, 0.15) is 16.7 Å². The molecule has 0 radical (unpaired) electrons. The van der Waals surface area contributed by atoms with Crippen LogP contribution in [0.1, 0.15) is 19.3 Å². The average molecular weight is 354 g/mol. The number of esters is 1. The number of hydrogen-bond donors (Lipinski definition) is 0. The van der Waals surface area contributed by atoms with E-state index in [9.17, 15) is 14.9 Å². The van der Waals surface area contributed by atoms with E-state index in [0.717, 1.165) is 23.4 Å². The van der Waals surface area contributed by atoms with Crippen molar-refractivity contribution in [3.63, 3.8) is 0 Å². The van der Waals surface area contributed by atoms with Gasteiger partial charge >= 0.3 is 5.97 Å². The van der Waals surface area contributed by atoms with Gasteiger partial charge in [-0.3, -0.25) is 9.59 Å². The first-order valence-electron chi connectivity index (χ1n) is 8.11. The van der Waals surface area contributed by atoms with Crippen molar-refractivity contribution in [1.29, 1.82) is 5.26 Å². The molecule has 2 aliphatic rings. The maximum absolute atomic E-state index is 12.4. The van der Waals surface area contributed by atoms with Crippen LogP contribution in [0.5, 0.6) is 0 Å². The zero-order chi connectivity index (χ0) is 17.8. The SMILES string of the molecule is CN1/C(=C(\C#N)C(=O)COC(=O)[C@H]2CC=CCC2)Sc2ccccc21. The van der Waals surface area contributed by atoms with Crippen molar-refractivity contribution in [2.45, 2.75) is 24.2 Å². The lowest BCUT2D eigenvalue weighted by Gasteiger charge is -2.17. The minimum Gasteiger partial charge on any atom is -0.457 e. The maximum atomic E-state index is 12.4. The third-order valence-corrected chi connectivity index (χ3v) is 5.53. The Kier molecular flexibility index (Phi) is 5.25. The topological polar surface area (TPSA) is 70.4 Å². The van der Waals surface area contributed by atoms with Gasteiger partial charge in [0, 0.05) is 11.9 Å². The number of allylic oxidation sites excluding steroid dienone is 2. The van der Waals surface area contributed by atoms with Crippen LogP contribution in [0.2, 0.25) is 0 Å². The summed E-state index contributed by atoms with van der Waals surface area (Å²) in [7, 11) is 1.82. The number of nitriles is 1. The number of rotatable bonds is 4. The van der Waals surface area contributed by atoms with Crippen molar-refractivity contribution in [2.75, 3.05) is 18.6 Å². The zero-order valence-electron chi connectivity index (χ0n) is 13.9. The van der Waals surface area contributed by atoms with Crippen LogP contribution in [0.25, 0.3) is 0 Å². The van der Waals surface area contributed by atoms with E-state index in [4.69, 9.17) is 4.74 Å². The van der Waals surface area contributed by atoms with E-state index < -0.39 is 12.4 Å². The Balaban J connectivity index is 1.69. The highest BCUT2D eigenvalue weighted by Gasteiger charge is 2.29. The number of fused-ring (bicyclic) bond motifs is 1. The highest BCUT2D eigenvalue weighted by molar-refractivity contribution is 8.03. The molecular weight excluding hydrogens is 336 g/mol. The second-order valence-corrected chi connectivity index (χ2v) is 6.96. The van der Waals surface area contributed by atoms with Gasteiger partial charge in [0.15, 0.2) is 6.61 Å². The van der Waals surface area contributed by atoms with Crippen LogP contribution in [0.15, 0.2) is 51.9 Å². The van der Waals surface area contributed by atoms with Crippen LogP contribution in [-0.2, 0) is 14.3 Å². The molecule has 1 aliphatic heterocycles. The fraction of sp³-hybridized carbons (Fsp3) is 0.316. The van der Waals surface area contributed by atoms with E-state index in [1.54, 1.807) is 0 Å². The second-order valence-electron chi connectivity index (χ2n) is 5.93. The van der Waals surface area contributed by atoms with Gasteiger partial charge in [-0.15, -0.1) is 0 Å². The highest BCUT2D eigenvalue weighted by Crippen LogP contribution is 2.46. The molecule has 0 amide bonds. The molecule has 0 bridgehead atoms. The third kappa shape index (κ3) is 3.62. The lowest BCUT2D eigenvalue weighted by molar-refractivity contribution is -0.151. The van der Waals surface area contributed by atoms with Crippen molar-refractivity contribution >= 4 is 29.2 Å². The van der Waals surface area contributed by atoms with E-state index in [-0.39, 0.29) is 17.5 Å². The van der Waals surface area contributed by atoms with Crippen molar-refractivity contribution in [2.24, 2.45) is 5.92 Å². The van der Waals surface area contributed by atoms with E-state index in [1.165, 1.54) is 11.8 Å². The molecule has 6 heteroatoms. The first-order valence-corrected chi connectivity index (χ1v) is 8.93. The molecule has 0 aromatic heterocycles. The number of hydrogen-bond acceptors (Lipinski definition) is 6. The van der Waals surface area contributed by atoms with Crippen LogP contribution in [0, 0.1) is 17.2 Å².